The van der Waals surface area contributed by atoms with E-state index in [9.17, 15) is 5.11 Å². The van der Waals surface area contributed by atoms with Crippen LogP contribution in [0.5, 0.6) is 0 Å². The average molecular weight is 340 g/mol. The largest absolute Gasteiger partial charge is 0.391 e. The summed E-state index contributed by atoms with van der Waals surface area (Å²) in [5, 5.41) is 10.7. The second-order valence-electron chi connectivity index (χ2n) is 6.72. The number of anilines is 2. The van der Waals surface area contributed by atoms with E-state index in [0.717, 1.165) is 25.7 Å². The lowest BCUT2D eigenvalue weighted by molar-refractivity contribution is 0.168. The summed E-state index contributed by atoms with van der Waals surface area (Å²) >= 11 is 0. The standard InChI is InChI=1S/C23H33NO/c1-4-7-8-15-21(25)18-24(22-16-11-9-13-19(22)5-2)23-17-12-10-14-20(23)6-3/h9-14,16-17,21,25H,4-8,15,18H2,1-3H3. The molecule has 0 heterocycles. The van der Waals surface area contributed by atoms with Gasteiger partial charge in [0.2, 0.25) is 0 Å². The highest BCUT2D eigenvalue weighted by molar-refractivity contribution is 5.69. The van der Waals surface area contributed by atoms with E-state index in [4.69, 9.17) is 0 Å². The minimum absolute atomic E-state index is 0.304. The molecule has 2 aromatic rings. The summed E-state index contributed by atoms with van der Waals surface area (Å²) in [6.07, 6.45) is 6.02. The van der Waals surface area contributed by atoms with Gasteiger partial charge in [0.1, 0.15) is 0 Å². The highest BCUT2D eigenvalue weighted by Gasteiger charge is 2.18. The lowest BCUT2D eigenvalue weighted by Gasteiger charge is -2.31. The Kier molecular flexibility index (Phi) is 8.00. The van der Waals surface area contributed by atoms with Crippen LogP contribution in [0.1, 0.15) is 57.6 Å². The van der Waals surface area contributed by atoms with E-state index < -0.39 is 0 Å². The molecule has 136 valence electrons. The van der Waals surface area contributed by atoms with Gasteiger partial charge in [0, 0.05) is 17.9 Å². The number of unbranched alkanes of at least 4 members (excludes halogenated alkanes) is 2. The number of hydrogen-bond donors (Lipinski definition) is 1. The normalized spacial score (nSPS) is 12.2. The molecule has 0 fully saturated rings. The van der Waals surface area contributed by atoms with Gasteiger partial charge >= 0.3 is 0 Å². The van der Waals surface area contributed by atoms with Crippen LogP contribution in [0.4, 0.5) is 11.4 Å². The molecule has 0 spiro atoms. The SMILES string of the molecule is CCCCCC(O)CN(c1ccccc1CC)c1ccccc1CC. The van der Waals surface area contributed by atoms with Crippen molar-refractivity contribution in [2.45, 2.75) is 65.4 Å². The van der Waals surface area contributed by atoms with Crippen LogP contribution in [0.15, 0.2) is 48.5 Å². The number of benzene rings is 2. The first-order valence-corrected chi connectivity index (χ1v) is 9.82. The Morgan fingerprint density at radius 3 is 1.80 bits per heavy atom. The zero-order valence-electron chi connectivity index (χ0n) is 16.0. The van der Waals surface area contributed by atoms with Crippen molar-refractivity contribution in [3.05, 3.63) is 59.7 Å². The van der Waals surface area contributed by atoms with Gasteiger partial charge in [-0.25, -0.2) is 0 Å². The van der Waals surface area contributed by atoms with Crippen molar-refractivity contribution in [1.29, 1.82) is 0 Å². The number of aliphatic hydroxyl groups is 1. The third-order valence-electron chi connectivity index (χ3n) is 4.86. The third-order valence-corrected chi connectivity index (χ3v) is 4.86. The maximum absolute atomic E-state index is 10.7. The van der Waals surface area contributed by atoms with Crippen molar-refractivity contribution in [2.75, 3.05) is 11.4 Å². The Morgan fingerprint density at radius 2 is 1.32 bits per heavy atom. The molecule has 1 N–H and O–H groups in total. The third kappa shape index (κ3) is 5.34. The maximum Gasteiger partial charge on any atom is 0.0719 e. The lowest BCUT2D eigenvalue weighted by Crippen LogP contribution is -2.30. The van der Waals surface area contributed by atoms with Crippen LogP contribution in [0.2, 0.25) is 0 Å². The van der Waals surface area contributed by atoms with Crippen LogP contribution >= 0.6 is 0 Å². The Hall–Kier alpha value is -1.80. The van der Waals surface area contributed by atoms with Crippen molar-refractivity contribution in [1.82, 2.24) is 0 Å². The first-order valence-electron chi connectivity index (χ1n) is 9.82. The van der Waals surface area contributed by atoms with Crippen molar-refractivity contribution in [2.24, 2.45) is 0 Å². The summed E-state index contributed by atoms with van der Waals surface area (Å²) in [7, 11) is 0. The van der Waals surface area contributed by atoms with E-state index in [0.29, 0.717) is 6.54 Å². The zero-order chi connectivity index (χ0) is 18.1. The highest BCUT2D eigenvalue weighted by atomic mass is 16.3. The second-order valence-corrected chi connectivity index (χ2v) is 6.72. The van der Waals surface area contributed by atoms with Gasteiger partial charge in [-0.05, 0) is 42.5 Å². The number of nitrogens with zero attached hydrogens (tertiary/aromatic N) is 1. The summed E-state index contributed by atoms with van der Waals surface area (Å²) < 4.78 is 0. The van der Waals surface area contributed by atoms with Crippen LogP contribution in [-0.4, -0.2) is 17.8 Å². The summed E-state index contributed by atoms with van der Waals surface area (Å²) in [6.45, 7) is 7.24. The van der Waals surface area contributed by atoms with Crippen molar-refractivity contribution < 1.29 is 5.11 Å². The van der Waals surface area contributed by atoms with Gasteiger partial charge < -0.3 is 10.0 Å². The molecule has 0 saturated carbocycles. The minimum Gasteiger partial charge on any atom is -0.391 e. The molecule has 25 heavy (non-hydrogen) atoms. The molecular weight excluding hydrogens is 306 g/mol. The molecule has 2 heteroatoms. The second kappa shape index (κ2) is 10.2. The Morgan fingerprint density at radius 1 is 0.800 bits per heavy atom. The molecule has 0 amide bonds. The lowest BCUT2D eigenvalue weighted by atomic mass is 10.0. The predicted molar refractivity (Wildman–Crippen MR) is 109 cm³/mol. The summed E-state index contributed by atoms with van der Waals surface area (Å²) in [4.78, 5) is 2.33. The molecule has 2 nitrogen and oxygen atoms in total. The van der Waals surface area contributed by atoms with Gasteiger partial charge in [-0.1, -0.05) is 76.4 Å². The number of aliphatic hydroxyl groups excluding tert-OH is 1. The number of hydrogen-bond acceptors (Lipinski definition) is 2. The number of para-hydroxylation sites is 2. The van der Waals surface area contributed by atoms with Gasteiger partial charge in [-0.2, -0.15) is 0 Å². The van der Waals surface area contributed by atoms with E-state index in [-0.39, 0.29) is 6.10 Å². The molecule has 0 aliphatic rings. The first-order chi connectivity index (χ1) is 12.2. The quantitative estimate of drug-likeness (QED) is 0.545. The van der Waals surface area contributed by atoms with Gasteiger partial charge in [-0.3, -0.25) is 0 Å². The zero-order valence-corrected chi connectivity index (χ0v) is 16.0. The average Bonchev–Trinajstić information content (AvgIpc) is 2.66. The Balaban J connectivity index is 2.34. The molecule has 1 unspecified atom stereocenters. The molecule has 0 bridgehead atoms. The smallest absolute Gasteiger partial charge is 0.0719 e. The van der Waals surface area contributed by atoms with Gasteiger partial charge in [0.15, 0.2) is 0 Å². The van der Waals surface area contributed by atoms with E-state index in [2.05, 4.69) is 74.2 Å². The van der Waals surface area contributed by atoms with Crippen LogP contribution in [0, 0.1) is 0 Å². The molecule has 0 aliphatic carbocycles. The number of rotatable bonds is 10. The maximum atomic E-state index is 10.7. The van der Waals surface area contributed by atoms with Crippen LogP contribution in [0.3, 0.4) is 0 Å². The van der Waals surface area contributed by atoms with E-state index >= 15 is 0 Å². The highest BCUT2D eigenvalue weighted by Crippen LogP contribution is 2.32. The van der Waals surface area contributed by atoms with Gasteiger partial charge in [0.25, 0.3) is 0 Å². The summed E-state index contributed by atoms with van der Waals surface area (Å²) in [5.41, 5.74) is 5.10. The molecule has 0 radical (unpaired) electrons. The van der Waals surface area contributed by atoms with E-state index in [1.165, 1.54) is 35.3 Å². The van der Waals surface area contributed by atoms with Gasteiger partial charge in [-0.15, -0.1) is 0 Å². The van der Waals surface area contributed by atoms with Crippen LogP contribution in [0.25, 0.3) is 0 Å². The Bertz CT molecular complexity index is 590. The fourth-order valence-corrected chi connectivity index (χ4v) is 3.40. The molecular formula is C23H33NO. The van der Waals surface area contributed by atoms with Crippen LogP contribution in [-0.2, 0) is 12.8 Å². The summed E-state index contributed by atoms with van der Waals surface area (Å²) in [5.74, 6) is 0. The number of aryl methyl sites for hydroxylation is 2. The predicted octanol–water partition coefficient (Wildman–Crippen LogP) is 5.89. The molecule has 0 aliphatic heterocycles. The summed E-state index contributed by atoms with van der Waals surface area (Å²) in [6, 6.07) is 17.2. The molecule has 0 saturated heterocycles. The molecule has 1 atom stereocenters. The molecule has 2 aromatic carbocycles. The molecule has 0 aromatic heterocycles. The topological polar surface area (TPSA) is 23.5 Å². The minimum atomic E-state index is -0.304. The van der Waals surface area contributed by atoms with Crippen LogP contribution < -0.4 is 4.90 Å². The monoisotopic (exact) mass is 339 g/mol. The van der Waals surface area contributed by atoms with E-state index in [1.807, 2.05) is 0 Å². The fraction of sp³-hybridized carbons (Fsp3) is 0.478. The first kappa shape index (κ1) is 19.5. The Labute approximate surface area is 153 Å². The van der Waals surface area contributed by atoms with E-state index in [1.54, 1.807) is 0 Å². The van der Waals surface area contributed by atoms with Gasteiger partial charge in [0.05, 0.1) is 6.10 Å². The molecule has 2 rings (SSSR count). The van der Waals surface area contributed by atoms with Crippen molar-refractivity contribution >= 4 is 11.4 Å². The van der Waals surface area contributed by atoms with Crippen molar-refractivity contribution in [3.63, 3.8) is 0 Å². The van der Waals surface area contributed by atoms with Crippen molar-refractivity contribution in [3.8, 4) is 0 Å². The fourth-order valence-electron chi connectivity index (χ4n) is 3.40.